The molecule has 5 heteroatoms. The molecule has 1 amide bonds. The van der Waals surface area contributed by atoms with Crippen LogP contribution in [0.3, 0.4) is 0 Å². The van der Waals surface area contributed by atoms with Gasteiger partial charge in [-0.2, -0.15) is 0 Å². The first kappa shape index (κ1) is 15.3. The SMILES string of the molecule is O=C(NCC1(O)Cc2ccccc2C1)c1ccc(Cl)c(Cl)c1. The number of rotatable bonds is 3. The molecule has 22 heavy (non-hydrogen) atoms. The smallest absolute Gasteiger partial charge is 0.251 e. The van der Waals surface area contributed by atoms with E-state index in [9.17, 15) is 9.90 Å². The van der Waals surface area contributed by atoms with Crippen molar-refractivity contribution >= 4 is 29.1 Å². The van der Waals surface area contributed by atoms with Gasteiger partial charge in [0.15, 0.2) is 0 Å². The van der Waals surface area contributed by atoms with Crippen LogP contribution in [0.25, 0.3) is 0 Å². The van der Waals surface area contributed by atoms with E-state index in [0.717, 1.165) is 11.1 Å². The predicted octanol–water partition coefficient (Wildman–Crippen LogP) is 3.25. The summed E-state index contributed by atoms with van der Waals surface area (Å²) in [5.74, 6) is -0.275. The summed E-state index contributed by atoms with van der Waals surface area (Å²) < 4.78 is 0. The highest BCUT2D eigenvalue weighted by atomic mass is 35.5. The standard InChI is InChI=1S/C17H15Cl2NO2/c18-14-6-5-11(7-15(14)19)16(21)20-10-17(22)8-12-3-1-2-4-13(12)9-17/h1-7,22H,8-10H2,(H,20,21). The molecule has 3 nitrogen and oxygen atoms in total. The van der Waals surface area contributed by atoms with E-state index in [-0.39, 0.29) is 12.5 Å². The van der Waals surface area contributed by atoms with E-state index in [1.165, 1.54) is 6.07 Å². The van der Waals surface area contributed by atoms with Crippen LogP contribution in [0.5, 0.6) is 0 Å². The molecule has 0 saturated heterocycles. The summed E-state index contributed by atoms with van der Waals surface area (Å²) in [7, 11) is 0. The van der Waals surface area contributed by atoms with Gasteiger partial charge in [-0.05, 0) is 29.3 Å². The van der Waals surface area contributed by atoms with Crippen molar-refractivity contribution in [3.63, 3.8) is 0 Å². The number of carbonyl (C=O) groups is 1. The first-order valence-electron chi connectivity index (χ1n) is 6.99. The van der Waals surface area contributed by atoms with Crippen LogP contribution in [0, 0.1) is 0 Å². The number of hydrogen-bond acceptors (Lipinski definition) is 2. The summed E-state index contributed by atoms with van der Waals surface area (Å²) >= 11 is 11.7. The lowest BCUT2D eigenvalue weighted by molar-refractivity contribution is 0.0480. The molecule has 2 aromatic carbocycles. The lowest BCUT2D eigenvalue weighted by Gasteiger charge is -2.22. The third kappa shape index (κ3) is 3.12. The monoisotopic (exact) mass is 335 g/mol. The molecule has 0 aliphatic heterocycles. The second-order valence-corrected chi connectivity index (χ2v) is 6.47. The van der Waals surface area contributed by atoms with E-state index >= 15 is 0 Å². The highest BCUT2D eigenvalue weighted by Crippen LogP contribution is 2.29. The minimum Gasteiger partial charge on any atom is -0.387 e. The molecule has 1 aliphatic carbocycles. The van der Waals surface area contributed by atoms with Crippen molar-refractivity contribution in [3.05, 3.63) is 69.2 Å². The summed E-state index contributed by atoms with van der Waals surface area (Å²) in [4.78, 5) is 12.2. The zero-order chi connectivity index (χ0) is 15.7. The minimum atomic E-state index is -0.935. The molecule has 1 aliphatic rings. The average Bonchev–Trinajstić information content (AvgIpc) is 2.84. The Hall–Kier alpha value is -1.55. The third-order valence-electron chi connectivity index (χ3n) is 3.92. The first-order chi connectivity index (χ1) is 10.5. The lowest BCUT2D eigenvalue weighted by atomic mass is 10.0. The molecule has 2 aromatic rings. The van der Waals surface area contributed by atoms with Gasteiger partial charge in [0.25, 0.3) is 5.91 Å². The second-order valence-electron chi connectivity index (χ2n) is 5.66. The van der Waals surface area contributed by atoms with Gasteiger partial charge in [0, 0.05) is 24.9 Å². The predicted molar refractivity (Wildman–Crippen MR) is 87.6 cm³/mol. The summed E-state index contributed by atoms with van der Waals surface area (Å²) in [6.45, 7) is 0.195. The second kappa shape index (κ2) is 5.92. The minimum absolute atomic E-state index is 0.195. The fourth-order valence-electron chi connectivity index (χ4n) is 2.78. The van der Waals surface area contributed by atoms with Crippen LogP contribution < -0.4 is 5.32 Å². The number of fused-ring (bicyclic) bond motifs is 1. The van der Waals surface area contributed by atoms with Crippen LogP contribution in [0.2, 0.25) is 10.0 Å². The van der Waals surface area contributed by atoms with Gasteiger partial charge < -0.3 is 10.4 Å². The van der Waals surface area contributed by atoms with E-state index in [0.29, 0.717) is 28.5 Å². The molecular weight excluding hydrogens is 321 g/mol. The van der Waals surface area contributed by atoms with Crippen molar-refractivity contribution in [3.8, 4) is 0 Å². The Balaban J connectivity index is 1.65. The third-order valence-corrected chi connectivity index (χ3v) is 4.66. The van der Waals surface area contributed by atoms with Crippen molar-refractivity contribution < 1.29 is 9.90 Å². The fourth-order valence-corrected chi connectivity index (χ4v) is 3.08. The van der Waals surface area contributed by atoms with Gasteiger partial charge in [-0.15, -0.1) is 0 Å². The Morgan fingerprint density at radius 3 is 2.32 bits per heavy atom. The highest BCUT2D eigenvalue weighted by Gasteiger charge is 2.35. The highest BCUT2D eigenvalue weighted by molar-refractivity contribution is 6.42. The summed E-state index contributed by atoms with van der Waals surface area (Å²) in [5.41, 5.74) is 1.76. The fraction of sp³-hybridized carbons (Fsp3) is 0.235. The van der Waals surface area contributed by atoms with Gasteiger partial charge in [0.1, 0.15) is 0 Å². The van der Waals surface area contributed by atoms with Crippen molar-refractivity contribution in [1.29, 1.82) is 0 Å². The van der Waals surface area contributed by atoms with Gasteiger partial charge in [-0.1, -0.05) is 47.5 Å². The summed E-state index contributed by atoms with van der Waals surface area (Å²) in [6.07, 6.45) is 1.09. The summed E-state index contributed by atoms with van der Waals surface area (Å²) in [5, 5.41) is 14.2. The average molecular weight is 336 g/mol. The van der Waals surface area contributed by atoms with Gasteiger partial charge in [0.05, 0.1) is 15.6 Å². The Bertz CT molecular complexity index is 705. The van der Waals surface area contributed by atoms with E-state index in [1.807, 2.05) is 24.3 Å². The molecule has 0 aromatic heterocycles. The van der Waals surface area contributed by atoms with Crippen LogP contribution in [0.4, 0.5) is 0 Å². The topological polar surface area (TPSA) is 49.3 Å². The van der Waals surface area contributed by atoms with E-state index in [1.54, 1.807) is 12.1 Å². The van der Waals surface area contributed by atoms with Crippen LogP contribution in [-0.2, 0) is 12.8 Å². The quantitative estimate of drug-likeness (QED) is 0.904. The Labute approximate surface area is 138 Å². The zero-order valence-electron chi connectivity index (χ0n) is 11.8. The molecule has 2 N–H and O–H groups in total. The van der Waals surface area contributed by atoms with Crippen LogP contribution in [0.1, 0.15) is 21.5 Å². The molecule has 0 fully saturated rings. The van der Waals surface area contributed by atoms with Crippen LogP contribution in [0.15, 0.2) is 42.5 Å². The Morgan fingerprint density at radius 1 is 1.09 bits per heavy atom. The molecule has 0 spiro atoms. The Kier molecular flexibility index (Phi) is 4.13. The zero-order valence-corrected chi connectivity index (χ0v) is 13.3. The molecule has 3 rings (SSSR count). The molecule has 0 atom stereocenters. The first-order valence-corrected chi connectivity index (χ1v) is 7.75. The number of aliphatic hydroxyl groups is 1. The molecule has 0 unspecified atom stereocenters. The number of halogens is 2. The number of amides is 1. The van der Waals surface area contributed by atoms with Gasteiger partial charge in [0.2, 0.25) is 0 Å². The van der Waals surface area contributed by atoms with Crippen molar-refractivity contribution in [1.82, 2.24) is 5.32 Å². The van der Waals surface area contributed by atoms with Crippen LogP contribution >= 0.6 is 23.2 Å². The van der Waals surface area contributed by atoms with E-state index in [2.05, 4.69) is 5.32 Å². The molecule has 114 valence electrons. The van der Waals surface area contributed by atoms with Gasteiger partial charge >= 0.3 is 0 Å². The molecule has 0 bridgehead atoms. The van der Waals surface area contributed by atoms with Crippen LogP contribution in [-0.4, -0.2) is 23.2 Å². The largest absolute Gasteiger partial charge is 0.387 e. The Morgan fingerprint density at radius 2 is 1.73 bits per heavy atom. The van der Waals surface area contributed by atoms with E-state index < -0.39 is 5.60 Å². The lowest BCUT2D eigenvalue weighted by Crippen LogP contribution is -2.43. The maximum Gasteiger partial charge on any atom is 0.251 e. The van der Waals surface area contributed by atoms with Gasteiger partial charge in [-0.3, -0.25) is 4.79 Å². The number of nitrogens with one attached hydrogen (secondary N) is 1. The van der Waals surface area contributed by atoms with Crippen molar-refractivity contribution in [2.24, 2.45) is 0 Å². The van der Waals surface area contributed by atoms with E-state index in [4.69, 9.17) is 23.2 Å². The number of hydrogen-bond donors (Lipinski definition) is 2. The molecule has 0 saturated carbocycles. The molecule has 0 radical (unpaired) electrons. The maximum atomic E-state index is 12.2. The number of benzene rings is 2. The normalized spacial score (nSPS) is 15.4. The maximum absolute atomic E-state index is 12.2. The summed E-state index contributed by atoms with van der Waals surface area (Å²) in [6, 6.07) is 12.6. The number of carbonyl (C=O) groups excluding carboxylic acids is 1. The van der Waals surface area contributed by atoms with Gasteiger partial charge in [-0.25, -0.2) is 0 Å². The van der Waals surface area contributed by atoms with Crippen molar-refractivity contribution in [2.75, 3.05) is 6.54 Å². The van der Waals surface area contributed by atoms with Crippen molar-refractivity contribution in [2.45, 2.75) is 18.4 Å². The molecular formula is C17H15Cl2NO2. The molecule has 0 heterocycles.